The van der Waals surface area contributed by atoms with Gasteiger partial charge >= 0.3 is 18.0 Å². The van der Waals surface area contributed by atoms with Gasteiger partial charge < -0.3 is 34.7 Å². The molecule has 11 nitrogen and oxygen atoms in total. The topological polar surface area (TPSA) is 149 Å². The third-order valence-corrected chi connectivity index (χ3v) is 5.92. The van der Waals surface area contributed by atoms with E-state index in [9.17, 15) is 24.3 Å². The van der Waals surface area contributed by atoms with Gasteiger partial charge in [-0.25, -0.2) is 14.4 Å². The smallest absolute Gasteiger partial charge is 0.408 e. The van der Waals surface area contributed by atoms with Crippen LogP contribution in [-0.4, -0.2) is 72.8 Å². The van der Waals surface area contributed by atoms with Gasteiger partial charge in [0.15, 0.2) is 0 Å². The van der Waals surface area contributed by atoms with E-state index >= 15 is 0 Å². The molecular formula is C23H32N2O9S. The van der Waals surface area contributed by atoms with E-state index in [0.29, 0.717) is 11.1 Å². The van der Waals surface area contributed by atoms with Crippen LogP contribution in [0.15, 0.2) is 6.07 Å². The van der Waals surface area contributed by atoms with Crippen LogP contribution in [-0.2, 0) is 29.6 Å². The largest absolute Gasteiger partial charge is 0.507 e. The number of fused-ring (bicyclic) bond motifs is 1. The number of hydrogen-bond donors (Lipinski definition) is 3. The van der Waals surface area contributed by atoms with Gasteiger partial charge in [0.05, 0.1) is 19.3 Å². The molecule has 1 aliphatic rings. The Morgan fingerprint density at radius 3 is 2.60 bits per heavy atom. The fourth-order valence-corrected chi connectivity index (χ4v) is 4.33. The van der Waals surface area contributed by atoms with E-state index in [0.717, 1.165) is 0 Å². The summed E-state index contributed by atoms with van der Waals surface area (Å²) in [5.41, 5.74) is -0.0221. The molecule has 35 heavy (non-hydrogen) atoms. The van der Waals surface area contributed by atoms with Gasteiger partial charge in [-0.3, -0.25) is 4.79 Å². The molecule has 0 saturated carbocycles. The molecule has 0 bridgehead atoms. The van der Waals surface area contributed by atoms with Crippen molar-refractivity contribution in [1.82, 2.24) is 10.6 Å². The first-order valence-electron chi connectivity index (χ1n) is 11.0. The van der Waals surface area contributed by atoms with E-state index < -0.39 is 48.2 Å². The van der Waals surface area contributed by atoms with Crippen molar-refractivity contribution in [3.63, 3.8) is 0 Å². The molecule has 0 unspecified atom stereocenters. The van der Waals surface area contributed by atoms with Crippen LogP contribution >= 0.6 is 11.8 Å². The van der Waals surface area contributed by atoms with Crippen LogP contribution in [0.5, 0.6) is 11.5 Å². The highest BCUT2D eigenvalue weighted by Crippen LogP contribution is 2.35. The average Bonchev–Trinajstić information content (AvgIpc) is 2.75. The minimum absolute atomic E-state index is 0.0824. The zero-order valence-corrected chi connectivity index (χ0v) is 21.5. The van der Waals surface area contributed by atoms with Crippen molar-refractivity contribution >= 4 is 35.7 Å². The molecule has 2 atom stereocenters. The van der Waals surface area contributed by atoms with Crippen molar-refractivity contribution in [3.8, 4) is 11.5 Å². The number of cyclic esters (lactones) is 1. The van der Waals surface area contributed by atoms with E-state index in [1.54, 1.807) is 34.6 Å². The van der Waals surface area contributed by atoms with Gasteiger partial charge in [-0.05, 0) is 34.6 Å². The van der Waals surface area contributed by atoms with Crippen LogP contribution in [0.25, 0.3) is 0 Å². The zero-order valence-electron chi connectivity index (χ0n) is 20.7. The Morgan fingerprint density at radius 2 is 2.00 bits per heavy atom. The molecule has 2 amide bonds. The number of thioether (sulfide) groups is 1. The number of phenols is 1. The molecule has 194 valence electrons. The number of amides is 2. The van der Waals surface area contributed by atoms with Gasteiger partial charge in [0.25, 0.3) is 0 Å². The maximum atomic E-state index is 13.0. The second-order valence-corrected chi connectivity index (χ2v) is 9.73. The first kappa shape index (κ1) is 28.1. The molecule has 1 aromatic carbocycles. The molecule has 0 fully saturated rings. The number of esters is 2. The van der Waals surface area contributed by atoms with Gasteiger partial charge in [0.1, 0.15) is 35.8 Å². The third kappa shape index (κ3) is 7.67. The summed E-state index contributed by atoms with van der Waals surface area (Å²) in [5, 5.41) is 15.5. The molecule has 0 saturated heterocycles. The summed E-state index contributed by atoms with van der Waals surface area (Å²) in [7, 11) is 1.40. The van der Waals surface area contributed by atoms with Crippen LogP contribution < -0.4 is 15.4 Å². The number of phenolic OH excluding ortho intramolecular Hbond substituents is 1. The summed E-state index contributed by atoms with van der Waals surface area (Å²) in [4.78, 5) is 50.8. The second kappa shape index (κ2) is 12.0. The summed E-state index contributed by atoms with van der Waals surface area (Å²) >= 11 is 1.20. The van der Waals surface area contributed by atoms with E-state index in [4.69, 9.17) is 18.9 Å². The number of carbonyl (C=O) groups is 4. The van der Waals surface area contributed by atoms with E-state index in [1.807, 2.05) is 0 Å². The molecule has 3 N–H and O–H groups in total. The number of carbonyl (C=O) groups excluding carboxylic acids is 4. The summed E-state index contributed by atoms with van der Waals surface area (Å²) in [6, 6.07) is -1.01. The Balaban J connectivity index is 2.45. The number of aromatic hydroxyl groups is 1. The highest BCUT2D eigenvalue weighted by Gasteiger charge is 2.32. The Morgan fingerprint density at radius 1 is 1.31 bits per heavy atom. The minimum Gasteiger partial charge on any atom is -0.507 e. The van der Waals surface area contributed by atoms with Crippen molar-refractivity contribution in [1.29, 1.82) is 0 Å². The highest BCUT2D eigenvalue weighted by atomic mass is 32.2. The number of hydrogen-bond acceptors (Lipinski definition) is 10. The maximum absolute atomic E-state index is 13.0. The summed E-state index contributed by atoms with van der Waals surface area (Å²) in [6.45, 7) is 7.79. The molecule has 0 aromatic heterocycles. The second-order valence-electron chi connectivity index (χ2n) is 8.70. The van der Waals surface area contributed by atoms with Crippen molar-refractivity contribution in [2.45, 2.75) is 58.1 Å². The highest BCUT2D eigenvalue weighted by molar-refractivity contribution is 7.98. The van der Waals surface area contributed by atoms with Crippen LogP contribution in [0, 0.1) is 6.92 Å². The van der Waals surface area contributed by atoms with Crippen molar-refractivity contribution < 1.29 is 43.2 Å². The van der Waals surface area contributed by atoms with Gasteiger partial charge in [0.2, 0.25) is 5.91 Å². The lowest BCUT2D eigenvalue weighted by molar-refractivity contribution is -0.147. The monoisotopic (exact) mass is 512 g/mol. The number of methoxy groups -OCH3 is 1. The lowest BCUT2D eigenvalue weighted by Crippen LogP contribution is -2.55. The van der Waals surface area contributed by atoms with E-state index in [1.165, 1.54) is 24.9 Å². The Bertz CT molecular complexity index is 975. The third-order valence-electron chi connectivity index (χ3n) is 4.85. The molecule has 1 heterocycles. The standard InChI is InChI=1S/C23H32N2O9S/c1-7-32-20(28)15-11-35-10-13-16(26)8-17(31-6)12(2)18(13)21(29)33-9-14(19(27)24-15)25-22(30)34-23(3,4)5/h8,14-15,26H,7,9-11H2,1-6H3,(H,24,27)(H,25,30)/t14-,15-/m0/s1. The molecule has 0 spiro atoms. The summed E-state index contributed by atoms with van der Waals surface area (Å²) < 4.78 is 20.9. The molecule has 12 heteroatoms. The molecular weight excluding hydrogens is 480 g/mol. The first-order chi connectivity index (χ1) is 16.4. The molecule has 2 rings (SSSR count). The van der Waals surface area contributed by atoms with Crippen molar-refractivity contribution in [2.75, 3.05) is 26.1 Å². The maximum Gasteiger partial charge on any atom is 0.408 e. The van der Waals surface area contributed by atoms with Crippen LogP contribution in [0.1, 0.15) is 49.2 Å². The number of benzene rings is 1. The predicted molar refractivity (Wildman–Crippen MR) is 128 cm³/mol. The first-order valence-corrected chi connectivity index (χ1v) is 12.1. The van der Waals surface area contributed by atoms with Crippen LogP contribution in [0.4, 0.5) is 4.79 Å². The lowest BCUT2D eigenvalue weighted by atomic mass is 10.0. The molecule has 0 radical (unpaired) electrons. The molecule has 0 aliphatic carbocycles. The van der Waals surface area contributed by atoms with Crippen LogP contribution in [0.3, 0.4) is 0 Å². The number of nitrogens with one attached hydrogen (secondary N) is 2. The van der Waals surface area contributed by atoms with Crippen molar-refractivity contribution in [3.05, 3.63) is 22.8 Å². The molecule has 1 aliphatic heterocycles. The average molecular weight is 513 g/mol. The van der Waals surface area contributed by atoms with Gasteiger partial charge in [-0.1, -0.05) is 0 Å². The van der Waals surface area contributed by atoms with Gasteiger partial charge in [0, 0.05) is 28.7 Å². The number of ether oxygens (including phenoxy) is 4. The summed E-state index contributed by atoms with van der Waals surface area (Å²) in [5.74, 6) is -1.89. The Hall–Kier alpha value is -3.15. The zero-order chi connectivity index (χ0) is 26.3. The van der Waals surface area contributed by atoms with Gasteiger partial charge in [-0.15, -0.1) is 0 Å². The number of rotatable bonds is 4. The molecule has 1 aromatic rings. The fraction of sp³-hybridized carbons (Fsp3) is 0.565. The quantitative estimate of drug-likeness (QED) is 0.404. The minimum atomic E-state index is -1.36. The lowest BCUT2D eigenvalue weighted by Gasteiger charge is -2.26. The normalized spacial score (nSPS) is 19.1. The van der Waals surface area contributed by atoms with E-state index in [-0.39, 0.29) is 35.2 Å². The fourth-order valence-electron chi connectivity index (χ4n) is 3.26. The number of alkyl carbamates (subject to hydrolysis) is 1. The predicted octanol–water partition coefficient (Wildman–Crippen LogP) is 2.05. The summed E-state index contributed by atoms with van der Waals surface area (Å²) in [6.07, 6.45) is -0.904. The Labute approximate surface area is 208 Å². The van der Waals surface area contributed by atoms with Crippen molar-refractivity contribution in [2.24, 2.45) is 0 Å². The SMILES string of the molecule is CCOC(=O)[C@@H]1CSCc2c(O)cc(OC)c(C)c2C(=O)OC[C@H](NC(=O)OC(C)(C)C)C(=O)N1. The van der Waals surface area contributed by atoms with E-state index in [2.05, 4.69) is 10.6 Å². The Kier molecular flexibility index (Phi) is 9.64. The van der Waals surface area contributed by atoms with Crippen LogP contribution in [0.2, 0.25) is 0 Å². The van der Waals surface area contributed by atoms with Gasteiger partial charge in [-0.2, -0.15) is 11.8 Å².